The van der Waals surface area contributed by atoms with Crippen molar-refractivity contribution in [2.75, 3.05) is 0 Å². The van der Waals surface area contributed by atoms with E-state index in [0.29, 0.717) is 19.3 Å². The second-order valence-electron chi connectivity index (χ2n) is 33.4. The molecule has 112 heavy (non-hydrogen) atoms. The number of benzene rings is 9. The van der Waals surface area contributed by atoms with Crippen molar-refractivity contribution in [1.29, 1.82) is 0 Å². The molecule has 0 saturated heterocycles. The van der Waals surface area contributed by atoms with Crippen LogP contribution < -0.4 is 0 Å². The van der Waals surface area contributed by atoms with Crippen LogP contribution in [0.2, 0.25) is 0 Å². The Balaban J connectivity index is 0.00000992. The Kier molecular flexibility index (Phi) is 21.8. The summed E-state index contributed by atoms with van der Waals surface area (Å²) in [6.45, 7) is 27.8. The van der Waals surface area contributed by atoms with E-state index in [-0.39, 0.29) is 36.4 Å². The third-order valence-corrected chi connectivity index (χ3v) is 25.2. The minimum Gasteiger partial charge on any atom is -0.305 e. The number of pyridine rings is 3. The number of nitrogens with zero attached hydrogens (tertiary/aromatic N) is 6. The molecular formula is C105H105IrN6. The van der Waals surface area contributed by atoms with Crippen molar-refractivity contribution in [3.05, 3.63) is 305 Å². The molecule has 16 rings (SSSR count). The van der Waals surface area contributed by atoms with Crippen molar-refractivity contribution < 1.29 is 20.1 Å². The van der Waals surface area contributed by atoms with Crippen LogP contribution in [-0.2, 0) is 36.4 Å². The smallest absolute Gasteiger partial charge is 0.305 e. The molecular weight excluding hydrogens is 1540 g/mol. The molecule has 4 aliphatic rings. The largest absolute Gasteiger partial charge is 3.00 e. The number of rotatable bonds is 24. The maximum Gasteiger partial charge on any atom is 3.00 e. The van der Waals surface area contributed by atoms with E-state index in [2.05, 4.69) is 301 Å². The van der Waals surface area contributed by atoms with Crippen molar-refractivity contribution in [2.24, 2.45) is 15.0 Å². The van der Waals surface area contributed by atoms with Gasteiger partial charge >= 0.3 is 20.1 Å². The van der Waals surface area contributed by atoms with Gasteiger partial charge in [-0.2, -0.15) is 0 Å². The predicted octanol–water partition coefficient (Wildman–Crippen LogP) is 27.2. The maximum absolute atomic E-state index is 6.17. The van der Waals surface area contributed by atoms with E-state index >= 15 is 0 Å². The maximum atomic E-state index is 6.17. The average Bonchev–Trinajstić information content (AvgIpc) is 1.34. The van der Waals surface area contributed by atoms with Crippen molar-refractivity contribution >= 4 is 17.1 Å². The van der Waals surface area contributed by atoms with E-state index in [4.69, 9.17) is 29.9 Å². The summed E-state index contributed by atoms with van der Waals surface area (Å²) in [6, 6.07) is 92.7. The SMILES string of the molecule is CCCC1(CCC)c2ccccc2-c2cc(-c3cc(-c4ccccn4)[c-]cc3C(C)=NC3(C)CC(C)(N=C(C)c4c[c-]c(-c5ccccn5)cc4-c4ccc5c(c4)-c4ccccc4C5(CCC)CCC)CC(C)(N=C(C)c4c[c-]c(-c5ccccn5)cc4-c4ccc5c(c4)-c4ccccc4C5(CCC)CCC)C3)ccc21.[Ir+3]. The van der Waals surface area contributed by atoms with Crippen LogP contribution >= 0.6 is 0 Å². The van der Waals surface area contributed by atoms with Gasteiger partial charge in [-0.3, -0.25) is 15.0 Å². The second-order valence-corrected chi connectivity index (χ2v) is 33.4. The fraction of sp³-hybridized carbons (Fsp3) is 0.314. The van der Waals surface area contributed by atoms with E-state index in [1.807, 2.05) is 36.8 Å². The Hall–Kier alpha value is -9.91. The average molecular weight is 1640 g/mol. The van der Waals surface area contributed by atoms with Gasteiger partial charge in [0.25, 0.3) is 0 Å². The molecule has 0 bridgehead atoms. The van der Waals surface area contributed by atoms with Gasteiger partial charge in [-0.05, 0) is 253 Å². The standard InChI is InChI=1S/C105H105N6.Ir/c1-13-52-103(53-14-2)91-34-22-19-31-82(91)88-61-73(43-49-94(88)103)85-64-76(97-37-25-28-58-106-97)40-46-79(85)70(7)109-100(10)67-101(11,110-71(8)80-47-41-77(98-38-26-29-59-107-98)65-86(80)74-44-50-95-89(62-74)83-32-20-23-35-92(83)104(95,54-15-3)55-16-4)69-102(12,68-100)111-72(9)81-48-42-78(99-39-27-30-60-108-99)66-87(81)75-45-51-96-90(63-75)84-33-21-24-36-93(84)105(96,56-17-5)57-18-6;/h19-39,43-51,58-66H,13-18,52-57,67-69H2,1-12H3;/q-3;+3. The fourth-order valence-corrected chi connectivity index (χ4v) is 21.8. The second kappa shape index (κ2) is 31.6. The Morgan fingerprint density at radius 1 is 0.304 bits per heavy atom. The van der Waals surface area contributed by atoms with E-state index in [1.165, 1.54) is 66.8 Å². The van der Waals surface area contributed by atoms with Crippen LogP contribution in [0.5, 0.6) is 0 Å². The van der Waals surface area contributed by atoms with Gasteiger partial charge in [0.1, 0.15) is 0 Å². The van der Waals surface area contributed by atoms with Crippen molar-refractivity contribution in [3.8, 4) is 101 Å². The van der Waals surface area contributed by atoms with Gasteiger partial charge in [0.05, 0.1) is 16.6 Å². The van der Waals surface area contributed by atoms with E-state index in [9.17, 15) is 0 Å². The molecule has 6 nitrogen and oxygen atoms in total. The van der Waals surface area contributed by atoms with E-state index in [0.717, 1.165) is 178 Å². The number of fused-ring (bicyclic) bond motifs is 9. The molecule has 0 amide bonds. The van der Waals surface area contributed by atoms with Crippen LogP contribution in [0, 0.1) is 18.2 Å². The van der Waals surface area contributed by atoms with Gasteiger partial charge in [0.15, 0.2) is 0 Å². The molecule has 1 saturated carbocycles. The third kappa shape index (κ3) is 13.9. The van der Waals surface area contributed by atoms with Gasteiger partial charge in [-0.1, -0.05) is 259 Å². The minimum absolute atomic E-state index is 0. The van der Waals surface area contributed by atoms with Crippen molar-refractivity contribution in [3.63, 3.8) is 0 Å². The van der Waals surface area contributed by atoms with Gasteiger partial charge in [0.2, 0.25) is 0 Å². The first-order valence-electron chi connectivity index (χ1n) is 41.3. The molecule has 0 unspecified atom stereocenters. The van der Waals surface area contributed by atoms with Gasteiger partial charge in [-0.25, -0.2) is 0 Å². The predicted molar refractivity (Wildman–Crippen MR) is 466 cm³/mol. The first-order valence-corrected chi connectivity index (χ1v) is 41.3. The summed E-state index contributed by atoms with van der Waals surface area (Å²) in [7, 11) is 0. The molecule has 0 N–H and O–H groups in total. The number of aromatic nitrogens is 3. The van der Waals surface area contributed by atoms with Gasteiger partial charge < -0.3 is 15.0 Å². The zero-order valence-corrected chi connectivity index (χ0v) is 70.0. The summed E-state index contributed by atoms with van der Waals surface area (Å²) in [6.07, 6.45) is 20.9. The minimum atomic E-state index is -0.684. The molecule has 3 heterocycles. The van der Waals surface area contributed by atoms with Crippen molar-refractivity contribution in [1.82, 2.24) is 15.0 Å². The summed E-state index contributed by atoms with van der Waals surface area (Å²) < 4.78 is 0. The monoisotopic (exact) mass is 1640 g/mol. The summed E-state index contributed by atoms with van der Waals surface area (Å²) in [5, 5.41) is 0. The molecule has 0 aliphatic heterocycles. The van der Waals surface area contributed by atoms with E-state index in [1.54, 1.807) is 0 Å². The molecule has 564 valence electrons. The van der Waals surface area contributed by atoms with Gasteiger partial charge in [-0.15, -0.1) is 71.3 Å². The Labute approximate surface area is 680 Å². The first-order chi connectivity index (χ1) is 53.9. The Morgan fingerprint density at radius 3 is 0.804 bits per heavy atom. The topological polar surface area (TPSA) is 75.8 Å². The quantitative estimate of drug-likeness (QED) is 0.0447. The molecule has 4 aliphatic carbocycles. The van der Waals surface area contributed by atoms with Crippen LogP contribution in [0.3, 0.4) is 0 Å². The zero-order valence-electron chi connectivity index (χ0n) is 67.6. The third-order valence-electron chi connectivity index (χ3n) is 25.2. The molecule has 1 fully saturated rings. The van der Waals surface area contributed by atoms with E-state index < -0.39 is 16.6 Å². The van der Waals surface area contributed by atoms with Crippen LogP contribution in [0.15, 0.2) is 252 Å². The molecule has 3 aromatic heterocycles. The molecule has 7 heteroatoms. The molecule has 12 aromatic rings. The molecule has 0 spiro atoms. The normalized spacial score (nSPS) is 18.9. The van der Waals surface area contributed by atoms with Crippen LogP contribution in [0.25, 0.3) is 101 Å². The molecule has 0 atom stereocenters. The number of hydrogen-bond donors (Lipinski definition) is 0. The number of aliphatic imine (C=N–C) groups is 3. The Bertz CT molecular complexity index is 5020. The summed E-state index contributed by atoms with van der Waals surface area (Å²) >= 11 is 0. The molecule has 0 radical (unpaired) electrons. The number of hydrogen-bond acceptors (Lipinski definition) is 6. The summed E-state index contributed by atoms with van der Waals surface area (Å²) in [4.78, 5) is 33.2. The van der Waals surface area contributed by atoms with Crippen LogP contribution in [-0.4, -0.2) is 48.7 Å². The summed E-state index contributed by atoms with van der Waals surface area (Å²) in [5.41, 5.74) is 32.8. The van der Waals surface area contributed by atoms with Crippen LogP contribution in [0.4, 0.5) is 0 Å². The summed E-state index contributed by atoms with van der Waals surface area (Å²) in [5.74, 6) is 0. The first kappa shape index (κ1) is 77.4. The zero-order chi connectivity index (χ0) is 76.9. The fourth-order valence-electron chi connectivity index (χ4n) is 21.8. The van der Waals surface area contributed by atoms with Crippen molar-refractivity contribution in [2.45, 2.75) is 212 Å². The van der Waals surface area contributed by atoms with Gasteiger partial charge in [0, 0.05) is 34.8 Å². The Morgan fingerprint density at radius 2 is 0.554 bits per heavy atom. The molecule has 9 aromatic carbocycles. The van der Waals surface area contributed by atoms with Crippen LogP contribution in [0.1, 0.15) is 229 Å².